The molecule has 1 aliphatic carbocycles. The first-order valence-electron chi connectivity index (χ1n) is 5.58. The van der Waals surface area contributed by atoms with Crippen molar-refractivity contribution in [3.05, 3.63) is 0 Å². The number of carboxylic acid groups (broad SMARTS) is 1. The van der Waals surface area contributed by atoms with Gasteiger partial charge in [0.15, 0.2) is 0 Å². The van der Waals surface area contributed by atoms with Gasteiger partial charge in [-0.3, -0.25) is 9.59 Å². The van der Waals surface area contributed by atoms with Crippen LogP contribution in [0.25, 0.3) is 0 Å². The molecular formula is C11H19NO3. The summed E-state index contributed by atoms with van der Waals surface area (Å²) in [6, 6.07) is -0.183. The lowest BCUT2D eigenvalue weighted by Gasteiger charge is -2.26. The molecule has 1 fully saturated rings. The largest absolute Gasteiger partial charge is 0.481 e. The van der Waals surface area contributed by atoms with Crippen LogP contribution in [0.4, 0.5) is 0 Å². The van der Waals surface area contributed by atoms with Crippen LogP contribution in [0.2, 0.25) is 0 Å². The van der Waals surface area contributed by atoms with E-state index in [2.05, 4.69) is 5.32 Å². The number of carbonyl (C=O) groups excluding carboxylic acids is 1. The van der Waals surface area contributed by atoms with E-state index in [0.29, 0.717) is 6.04 Å². The Morgan fingerprint density at radius 1 is 1.33 bits per heavy atom. The van der Waals surface area contributed by atoms with Gasteiger partial charge in [-0.2, -0.15) is 0 Å². The number of hydrogen-bond acceptors (Lipinski definition) is 3. The maximum absolute atomic E-state index is 11.2. The van der Waals surface area contributed by atoms with E-state index in [1.807, 2.05) is 0 Å². The lowest BCUT2D eigenvalue weighted by atomic mass is 9.94. The molecule has 86 valence electrons. The molecule has 0 spiro atoms. The molecule has 1 unspecified atom stereocenters. The Morgan fingerprint density at radius 2 is 1.93 bits per heavy atom. The zero-order valence-corrected chi connectivity index (χ0v) is 9.16. The Labute approximate surface area is 90.0 Å². The summed E-state index contributed by atoms with van der Waals surface area (Å²) in [5.74, 6) is -0.999. The zero-order chi connectivity index (χ0) is 11.3. The number of aliphatic carboxylic acids is 1. The molecule has 1 saturated carbocycles. The maximum atomic E-state index is 11.2. The fourth-order valence-corrected chi connectivity index (χ4v) is 2.05. The minimum absolute atomic E-state index is 0.0806. The second-order valence-electron chi connectivity index (χ2n) is 4.26. The third kappa shape index (κ3) is 4.42. The molecule has 0 aromatic rings. The summed E-state index contributed by atoms with van der Waals surface area (Å²) in [5, 5.41) is 11.8. The van der Waals surface area contributed by atoms with Gasteiger partial charge in [-0.25, -0.2) is 0 Å². The third-order valence-corrected chi connectivity index (χ3v) is 2.91. The van der Waals surface area contributed by atoms with Crippen molar-refractivity contribution in [2.45, 2.75) is 57.5 Å². The van der Waals surface area contributed by atoms with Gasteiger partial charge in [0.1, 0.15) is 5.78 Å². The van der Waals surface area contributed by atoms with Crippen molar-refractivity contribution in [2.24, 2.45) is 0 Å². The molecule has 0 radical (unpaired) electrons. The van der Waals surface area contributed by atoms with Crippen molar-refractivity contribution in [3.63, 3.8) is 0 Å². The van der Waals surface area contributed by atoms with Gasteiger partial charge in [-0.15, -0.1) is 0 Å². The van der Waals surface area contributed by atoms with Crippen LogP contribution in [0.15, 0.2) is 0 Å². The van der Waals surface area contributed by atoms with Gasteiger partial charge >= 0.3 is 5.97 Å². The predicted molar refractivity (Wildman–Crippen MR) is 56.7 cm³/mol. The highest BCUT2D eigenvalue weighted by molar-refractivity contribution is 5.85. The highest BCUT2D eigenvalue weighted by atomic mass is 16.4. The first kappa shape index (κ1) is 12.2. The van der Waals surface area contributed by atoms with Gasteiger partial charge in [-0.1, -0.05) is 19.3 Å². The van der Waals surface area contributed by atoms with Gasteiger partial charge < -0.3 is 10.4 Å². The van der Waals surface area contributed by atoms with Crippen molar-refractivity contribution in [2.75, 3.05) is 0 Å². The molecule has 0 saturated heterocycles. The molecule has 4 nitrogen and oxygen atoms in total. The summed E-state index contributed by atoms with van der Waals surface area (Å²) >= 11 is 0. The lowest BCUT2D eigenvalue weighted by Crippen LogP contribution is -2.44. The van der Waals surface area contributed by atoms with E-state index >= 15 is 0 Å². The van der Waals surface area contributed by atoms with E-state index in [0.717, 1.165) is 12.8 Å². The highest BCUT2D eigenvalue weighted by Crippen LogP contribution is 2.18. The van der Waals surface area contributed by atoms with Gasteiger partial charge in [0.25, 0.3) is 0 Å². The Balaban J connectivity index is 2.42. The molecule has 4 heteroatoms. The molecule has 1 rings (SSSR count). The fourth-order valence-electron chi connectivity index (χ4n) is 2.05. The van der Waals surface area contributed by atoms with Gasteiger partial charge in [0, 0.05) is 6.04 Å². The van der Waals surface area contributed by atoms with Crippen molar-refractivity contribution in [1.82, 2.24) is 5.32 Å². The van der Waals surface area contributed by atoms with E-state index < -0.39 is 12.0 Å². The van der Waals surface area contributed by atoms with E-state index in [-0.39, 0.29) is 12.2 Å². The van der Waals surface area contributed by atoms with Gasteiger partial charge in [0.05, 0.1) is 12.5 Å². The summed E-state index contributed by atoms with van der Waals surface area (Å²) in [5.41, 5.74) is 0. The molecule has 2 N–H and O–H groups in total. The maximum Gasteiger partial charge on any atom is 0.305 e. The molecule has 0 heterocycles. The van der Waals surface area contributed by atoms with Crippen LogP contribution in [0.5, 0.6) is 0 Å². The number of hydrogen-bond donors (Lipinski definition) is 2. The number of ketones is 1. The molecule has 0 bridgehead atoms. The van der Waals surface area contributed by atoms with Gasteiger partial charge in [0.2, 0.25) is 0 Å². The number of rotatable bonds is 5. The molecule has 0 amide bonds. The first-order valence-corrected chi connectivity index (χ1v) is 5.58. The molecule has 0 aromatic carbocycles. The standard InChI is InChI=1S/C11H19NO3/c1-8(13)10(7-11(14)15)12-9-5-3-2-4-6-9/h9-10,12H,2-7H2,1H3,(H,14,15). The normalized spacial score (nSPS) is 19.8. The average Bonchev–Trinajstić information content (AvgIpc) is 2.17. The number of nitrogens with one attached hydrogen (secondary N) is 1. The molecule has 0 aliphatic heterocycles. The smallest absolute Gasteiger partial charge is 0.305 e. The van der Waals surface area contributed by atoms with Crippen LogP contribution >= 0.6 is 0 Å². The zero-order valence-electron chi connectivity index (χ0n) is 9.16. The van der Waals surface area contributed by atoms with Crippen LogP contribution in [0.1, 0.15) is 45.4 Å². The summed E-state index contributed by atoms with van der Waals surface area (Å²) in [6.07, 6.45) is 5.62. The monoisotopic (exact) mass is 213 g/mol. The number of carbonyl (C=O) groups is 2. The van der Waals surface area contributed by atoms with E-state index in [4.69, 9.17) is 5.11 Å². The molecular weight excluding hydrogens is 194 g/mol. The first-order chi connectivity index (χ1) is 7.09. The summed E-state index contributed by atoms with van der Waals surface area (Å²) in [6.45, 7) is 1.45. The van der Waals surface area contributed by atoms with Crippen molar-refractivity contribution < 1.29 is 14.7 Å². The Morgan fingerprint density at radius 3 is 2.40 bits per heavy atom. The SMILES string of the molecule is CC(=O)C(CC(=O)O)NC1CCCCC1. The van der Waals surface area contributed by atoms with Gasteiger partial charge in [-0.05, 0) is 19.8 Å². The fraction of sp³-hybridized carbons (Fsp3) is 0.818. The third-order valence-electron chi connectivity index (χ3n) is 2.91. The van der Waals surface area contributed by atoms with Crippen LogP contribution in [-0.4, -0.2) is 28.9 Å². The topological polar surface area (TPSA) is 66.4 Å². The second kappa shape index (κ2) is 5.85. The quantitative estimate of drug-likeness (QED) is 0.723. The van der Waals surface area contributed by atoms with Crippen LogP contribution in [0, 0.1) is 0 Å². The highest BCUT2D eigenvalue weighted by Gasteiger charge is 2.22. The lowest BCUT2D eigenvalue weighted by molar-refractivity contribution is -0.139. The van der Waals surface area contributed by atoms with E-state index in [9.17, 15) is 9.59 Å². The van der Waals surface area contributed by atoms with Crippen LogP contribution in [0.3, 0.4) is 0 Å². The minimum atomic E-state index is -0.918. The Bertz CT molecular complexity index is 234. The second-order valence-corrected chi connectivity index (χ2v) is 4.26. The Hall–Kier alpha value is -0.900. The van der Waals surface area contributed by atoms with E-state index in [1.54, 1.807) is 0 Å². The van der Waals surface area contributed by atoms with E-state index in [1.165, 1.54) is 26.2 Å². The van der Waals surface area contributed by atoms with Crippen molar-refractivity contribution in [3.8, 4) is 0 Å². The summed E-state index contributed by atoms with van der Waals surface area (Å²) in [4.78, 5) is 21.8. The number of Topliss-reactive ketones (excluding diaryl/α,β-unsaturated/α-hetero) is 1. The summed E-state index contributed by atoms with van der Waals surface area (Å²) in [7, 11) is 0. The molecule has 1 atom stereocenters. The van der Waals surface area contributed by atoms with Crippen molar-refractivity contribution in [1.29, 1.82) is 0 Å². The van der Waals surface area contributed by atoms with Crippen LogP contribution in [-0.2, 0) is 9.59 Å². The predicted octanol–water partition coefficient (Wildman–Crippen LogP) is 1.34. The molecule has 15 heavy (non-hydrogen) atoms. The van der Waals surface area contributed by atoms with Crippen LogP contribution < -0.4 is 5.32 Å². The molecule has 1 aliphatic rings. The Kier molecular flexibility index (Phi) is 4.75. The minimum Gasteiger partial charge on any atom is -0.481 e. The number of carboxylic acids is 1. The van der Waals surface area contributed by atoms with Crippen molar-refractivity contribution >= 4 is 11.8 Å². The molecule has 0 aromatic heterocycles. The average molecular weight is 213 g/mol. The summed E-state index contributed by atoms with van der Waals surface area (Å²) < 4.78 is 0.